The van der Waals surface area contributed by atoms with Crippen molar-refractivity contribution in [2.45, 2.75) is 0 Å². The van der Waals surface area contributed by atoms with Crippen molar-refractivity contribution in [1.29, 1.82) is 0 Å². The number of fused-ring (bicyclic) bond motifs is 1. The molecule has 6 heteroatoms. The van der Waals surface area contributed by atoms with Crippen LogP contribution in [0, 0.1) is 0 Å². The fourth-order valence-corrected chi connectivity index (χ4v) is 3.38. The van der Waals surface area contributed by atoms with E-state index < -0.39 is 5.97 Å². The summed E-state index contributed by atoms with van der Waals surface area (Å²) < 4.78 is 11.0. The highest BCUT2D eigenvalue weighted by Crippen LogP contribution is 2.35. The molecule has 0 atom stereocenters. The highest BCUT2D eigenvalue weighted by molar-refractivity contribution is 7.10. The van der Waals surface area contributed by atoms with Crippen LogP contribution in [0.25, 0.3) is 6.08 Å². The summed E-state index contributed by atoms with van der Waals surface area (Å²) in [5, 5.41) is 2.23. The molecule has 1 aliphatic rings. The molecule has 0 saturated heterocycles. The maximum absolute atomic E-state index is 12.4. The minimum Gasteiger partial charge on any atom is -0.452 e. The van der Waals surface area contributed by atoms with Crippen LogP contribution in [0.1, 0.15) is 25.6 Å². The van der Waals surface area contributed by atoms with E-state index in [0.717, 1.165) is 4.88 Å². The predicted octanol–water partition coefficient (Wildman–Crippen LogP) is 5.24. The first-order valence-corrected chi connectivity index (χ1v) is 8.96. The van der Waals surface area contributed by atoms with Crippen LogP contribution in [0.5, 0.6) is 11.5 Å². The Kier molecular flexibility index (Phi) is 4.32. The first-order chi connectivity index (χ1) is 12.6. The second-order valence-corrected chi connectivity index (χ2v) is 6.87. The number of ketones is 1. The molecular weight excluding hydrogens is 372 g/mol. The number of allylic oxidation sites excluding steroid dienone is 1. The van der Waals surface area contributed by atoms with Crippen LogP contribution in [0.4, 0.5) is 0 Å². The average molecular weight is 383 g/mol. The number of rotatable bonds is 3. The molecule has 0 spiro atoms. The lowest BCUT2D eigenvalue weighted by atomic mass is 10.1. The highest BCUT2D eigenvalue weighted by atomic mass is 35.5. The predicted molar refractivity (Wildman–Crippen MR) is 100 cm³/mol. The number of hydrogen-bond donors (Lipinski definition) is 0. The zero-order chi connectivity index (χ0) is 18.1. The molecule has 3 aromatic rings. The number of carbonyl (C=O) groups excluding carboxylic acids is 2. The van der Waals surface area contributed by atoms with Gasteiger partial charge in [0.2, 0.25) is 5.78 Å². The van der Waals surface area contributed by atoms with E-state index in [1.807, 2.05) is 17.5 Å². The molecule has 4 nitrogen and oxygen atoms in total. The fraction of sp³-hybridized carbons (Fsp3) is 0. The Bertz CT molecular complexity index is 1040. The average Bonchev–Trinajstić information content (AvgIpc) is 3.24. The molecule has 2 aromatic carbocycles. The lowest BCUT2D eigenvalue weighted by molar-refractivity contribution is 0.0734. The quantitative estimate of drug-likeness (QED) is 0.353. The normalized spacial score (nSPS) is 14.2. The van der Waals surface area contributed by atoms with Crippen molar-refractivity contribution >= 4 is 40.8 Å². The van der Waals surface area contributed by atoms with Crippen molar-refractivity contribution in [3.05, 3.63) is 86.8 Å². The maximum atomic E-state index is 12.4. The van der Waals surface area contributed by atoms with Gasteiger partial charge in [-0.2, -0.15) is 0 Å². The summed E-state index contributed by atoms with van der Waals surface area (Å²) in [6, 6.07) is 15.1. The molecular formula is C20H11ClO4S. The number of hydrogen-bond acceptors (Lipinski definition) is 5. The number of esters is 1. The van der Waals surface area contributed by atoms with Gasteiger partial charge in [-0.05, 0) is 35.7 Å². The first kappa shape index (κ1) is 16.6. The Balaban J connectivity index is 1.57. The summed E-state index contributed by atoms with van der Waals surface area (Å²) >= 11 is 7.52. The van der Waals surface area contributed by atoms with Crippen molar-refractivity contribution in [3.63, 3.8) is 0 Å². The van der Waals surface area contributed by atoms with Crippen LogP contribution < -0.4 is 9.47 Å². The van der Waals surface area contributed by atoms with Gasteiger partial charge in [-0.25, -0.2) is 4.79 Å². The summed E-state index contributed by atoms with van der Waals surface area (Å²) in [7, 11) is 0. The fourth-order valence-electron chi connectivity index (χ4n) is 2.52. The summed E-state index contributed by atoms with van der Waals surface area (Å²) in [5.74, 6) is 0.116. The third kappa shape index (κ3) is 3.14. The van der Waals surface area contributed by atoms with E-state index in [9.17, 15) is 9.59 Å². The van der Waals surface area contributed by atoms with E-state index in [-0.39, 0.29) is 22.9 Å². The molecule has 0 fully saturated rings. The van der Waals surface area contributed by atoms with Gasteiger partial charge in [0.1, 0.15) is 11.5 Å². The van der Waals surface area contributed by atoms with Crippen LogP contribution in [-0.2, 0) is 0 Å². The third-order valence-corrected chi connectivity index (χ3v) is 4.91. The molecule has 0 bridgehead atoms. The zero-order valence-electron chi connectivity index (χ0n) is 13.3. The number of carbonyl (C=O) groups is 2. The van der Waals surface area contributed by atoms with Gasteiger partial charge in [0.15, 0.2) is 5.76 Å². The Morgan fingerprint density at radius 2 is 1.96 bits per heavy atom. The molecule has 0 unspecified atom stereocenters. The molecule has 0 N–H and O–H groups in total. The van der Waals surface area contributed by atoms with Crippen molar-refractivity contribution in [1.82, 2.24) is 0 Å². The Morgan fingerprint density at radius 1 is 1.12 bits per heavy atom. The lowest BCUT2D eigenvalue weighted by Gasteiger charge is -2.06. The van der Waals surface area contributed by atoms with E-state index in [0.29, 0.717) is 16.3 Å². The molecule has 0 amide bonds. The number of ether oxygens (including phenoxy) is 2. The van der Waals surface area contributed by atoms with E-state index in [4.69, 9.17) is 21.1 Å². The van der Waals surface area contributed by atoms with Crippen molar-refractivity contribution in [3.8, 4) is 11.5 Å². The van der Waals surface area contributed by atoms with Crippen molar-refractivity contribution < 1.29 is 19.1 Å². The summed E-state index contributed by atoms with van der Waals surface area (Å²) in [4.78, 5) is 25.6. The Morgan fingerprint density at radius 3 is 2.73 bits per heavy atom. The Labute approximate surface area is 158 Å². The lowest BCUT2D eigenvalue weighted by Crippen LogP contribution is -2.09. The van der Waals surface area contributed by atoms with Gasteiger partial charge in [0.25, 0.3) is 0 Å². The van der Waals surface area contributed by atoms with Gasteiger partial charge < -0.3 is 9.47 Å². The van der Waals surface area contributed by atoms with E-state index in [1.165, 1.54) is 17.4 Å². The van der Waals surface area contributed by atoms with Crippen molar-refractivity contribution in [2.75, 3.05) is 0 Å². The zero-order valence-corrected chi connectivity index (χ0v) is 14.8. The van der Waals surface area contributed by atoms with Gasteiger partial charge in [0, 0.05) is 17.0 Å². The second kappa shape index (κ2) is 6.78. The number of thiophene rings is 1. The molecule has 0 saturated carbocycles. The van der Waals surface area contributed by atoms with Crippen LogP contribution in [0.3, 0.4) is 0 Å². The molecule has 128 valence electrons. The van der Waals surface area contributed by atoms with Crippen LogP contribution in [0.15, 0.2) is 65.7 Å². The molecule has 1 aliphatic heterocycles. The van der Waals surface area contributed by atoms with Gasteiger partial charge in [-0.3, -0.25) is 4.79 Å². The maximum Gasteiger partial charge on any atom is 0.345 e. The molecule has 0 aliphatic carbocycles. The van der Waals surface area contributed by atoms with E-state index >= 15 is 0 Å². The van der Waals surface area contributed by atoms with Gasteiger partial charge in [-0.15, -0.1) is 11.3 Å². The van der Waals surface area contributed by atoms with Crippen LogP contribution in [-0.4, -0.2) is 11.8 Å². The van der Waals surface area contributed by atoms with Gasteiger partial charge in [0.05, 0.1) is 16.1 Å². The summed E-state index contributed by atoms with van der Waals surface area (Å²) in [6.45, 7) is 0. The number of halogens is 1. The van der Waals surface area contributed by atoms with Crippen LogP contribution >= 0.6 is 22.9 Å². The SMILES string of the molecule is O=C(Oc1ccc2c(c1)O/C(=C\c1cccs1)C2=O)c1ccccc1Cl. The number of Topliss-reactive ketones (excluding diaryl/α,β-unsaturated/α-hetero) is 1. The topological polar surface area (TPSA) is 52.6 Å². The monoisotopic (exact) mass is 382 g/mol. The van der Waals surface area contributed by atoms with Crippen molar-refractivity contribution in [2.24, 2.45) is 0 Å². The first-order valence-electron chi connectivity index (χ1n) is 7.70. The van der Waals surface area contributed by atoms with E-state index in [2.05, 4.69) is 0 Å². The third-order valence-electron chi connectivity index (χ3n) is 3.76. The minimum absolute atomic E-state index is 0.197. The van der Waals surface area contributed by atoms with E-state index in [1.54, 1.807) is 42.5 Å². The molecule has 26 heavy (non-hydrogen) atoms. The standard InChI is InChI=1S/C20H11ClO4S/c21-16-6-2-1-5-14(16)20(23)24-12-7-8-15-17(10-12)25-18(19(15)22)11-13-4-3-9-26-13/h1-11H/b18-11-. The van der Waals surface area contributed by atoms with Gasteiger partial charge in [-0.1, -0.05) is 29.8 Å². The molecule has 2 heterocycles. The molecule has 4 rings (SSSR count). The largest absolute Gasteiger partial charge is 0.452 e. The highest BCUT2D eigenvalue weighted by Gasteiger charge is 2.28. The summed E-state index contributed by atoms with van der Waals surface area (Å²) in [5.41, 5.74) is 0.704. The summed E-state index contributed by atoms with van der Waals surface area (Å²) in [6.07, 6.45) is 1.70. The van der Waals surface area contributed by atoms with Crippen LogP contribution in [0.2, 0.25) is 5.02 Å². The molecule has 1 aromatic heterocycles. The molecule has 0 radical (unpaired) electrons. The Hall–Kier alpha value is -2.89. The van der Waals surface area contributed by atoms with Gasteiger partial charge >= 0.3 is 5.97 Å². The smallest absolute Gasteiger partial charge is 0.345 e. The number of benzene rings is 2. The second-order valence-electron chi connectivity index (χ2n) is 5.48. The minimum atomic E-state index is -0.575.